The molecule has 0 aromatic rings. The van der Waals surface area contributed by atoms with Crippen molar-refractivity contribution in [2.24, 2.45) is 5.92 Å². The molecule has 0 radical (unpaired) electrons. The summed E-state index contributed by atoms with van der Waals surface area (Å²) in [4.78, 5) is 22.3. The van der Waals surface area contributed by atoms with Crippen LogP contribution in [0, 0.1) is 5.92 Å². The van der Waals surface area contributed by atoms with Gasteiger partial charge >= 0.3 is 0 Å². The number of fused-ring (bicyclic) bond motifs is 1. The number of carbonyl (C=O) groups is 2. The van der Waals surface area contributed by atoms with Gasteiger partial charge in [0.05, 0.1) is 5.92 Å². The van der Waals surface area contributed by atoms with Crippen LogP contribution in [0.15, 0.2) is 23.8 Å². The van der Waals surface area contributed by atoms with E-state index in [2.05, 4.69) is 0 Å². The lowest BCUT2D eigenvalue weighted by Gasteiger charge is -2.12. The lowest BCUT2D eigenvalue weighted by atomic mass is 9.89. The highest BCUT2D eigenvalue weighted by molar-refractivity contribution is 6.16. The van der Waals surface area contributed by atoms with Gasteiger partial charge in [-0.05, 0) is 25.0 Å². The standard InChI is InChI=1S/C9H8O2/c10-8-4-5-9(11)7-3-1-2-6(7)8/h2,4-5,7H,1,3H2. The molecular weight excluding hydrogens is 140 g/mol. The van der Waals surface area contributed by atoms with E-state index >= 15 is 0 Å². The molecule has 0 saturated heterocycles. The second-order valence-corrected chi connectivity index (χ2v) is 2.89. The summed E-state index contributed by atoms with van der Waals surface area (Å²) in [6.07, 6.45) is 6.35. The Morgan fingerprint density at radius 2 is 2.09 bits per heavy atom. The molecule has 0 aromatic carbocycles. The van der Waals surface area contributed by atoms with Crippen LogP contribution in [-0.4, -0.2) is 11.6 Å². The van der Waals surface area contributed by atoms with Gasteiger partial charge in [-0.25, -0.2) is 0 Å². The number of rotatable bonds is 0. The molecule has 2 aliphatic rings. The topological polar surface area (TPSA) is 34.1 Å². The molecule has 1 atom stereocenters. The fraction of sp³-hybridized carbons (Fsp3) is 0.333. The van der Waals surface area contributed by atoms with Crippen molar-refractivity contribution >= 4 is 11.6 Å². The van der Waals surface area contributed by atoms with Crippen LogP contribution in [0.1, 0.15) is 12.8 Å². The minimum Gasteiger partial charge on any atom is -0.294 e. The van der Waals surface area contributed by atoms with E-state index in [0.29, 0.717) is 0 Å². The van der Waals surface area contributed by atoms with Crippen LogP contribution in [0.3, 0.4) is 0 Å². The van der Waals surface area contributed by atoms with Gasteiger partial charge in [-0.3, -0.25) is 9.59 Å². The van der Waals surface area contributed by atoms with Crippen LogP contribution < -0.4 is 0 Å². The average molecular weight is 148 g/mol. The van der Waals surface area contributed by atoms with E-state index in [9.17, 15) is 9.59 Å². The second kappa shape index (κ2) is 2.16. The lowest BCUT2D eigenvalue weighted by molar-refractivity contribution is -0.120. The fourth-order valence-corrected chi connectivity index (χ4v) is 1.64. The van der Waals surface area contributed by atoms with Crippen LogP contribution >= 0.6 is 0 Å². The largest absolute Gasteiger partial charge is 0.294 e. The Hall–Kier alpha value is -1.18. The molecule has 0 aromatic heterocycles. The number of allylic oxidation sites excluding steroid dienone is 4. The second-order valence-electron chi connectivity index (χ2n) is 2.89. The summed E-state index contributed by atoms with van der Waals surface area (Å²) in [5.74, 6) is 0.00736. The fourth-order valence-electron chi connectivity index (χ4n) is 1.64. The monoisotopic (exact) mass is 148 g/mol. The highest BCUT2D eigenvalue weighted by Crippen LogP contribution is 2.30. The van der Waals surface area contributed by atoms with E-state index in [4.69, 9.17) is 0 Å². The third-order valence-electron chi connectivity index (χ3n) is 2.22. The van der Waals surface area contributed by atoms with Gasteiger partial charge in [0, 0.05) is 5.57 Å². The van der Waals surface area contributed by atoms with E-state index in [0.717, 1.165) is 18.4 Å². The van der Waals surface area contributed by atoms with Crippen molar-refractivity contribution < 1.29 is 9.59 Å². The van der Waals surface area contributed by atoms with Crippen LogP contribution in [-0.2, 0) is 9.59 Å². The summed E-state index contributed by atoms with van der Waals surface area (Å²) in [5.41, 5.74) is 0.720. The Morgan fingerprint density at radius 3 is 2.82 bits per heavy atom. The number of hydrogen-bond acceptors (Lipinski definition) is 2. The first-order chi connectivity index (χ1) is 5.29. The molecular formula is C9H8O2. The average Bonchev–Trinajstić information content (AvgIpc) is 2.45. The van der Waals surface area contributed by atoms with E-state index in [1.165, 1.54) is 12.2 Å². The molecule has 0 spiro atoms. The zero-order chi connectivity index (χ0) is 7.84. The van der Waals surface area contributed by atoms with Crippen molar-refractivity contribution in [1.82, 2.24) is 0 Å². The quantitative estimate of drug-likeness (QED) is 0.514. The summed E-state index contributed by atoms with van der Waals surface area (Å²) in [5, 5.41) is 0. The van der Waals surface area contributed by atoms with Gasteiger partial charge in [0.25, 0.3) is 0 Å². The SMILES string of the molecule is O=C1C=CC(=O)C2CCC=C12. The normalized spacial score (nSPS) is 28.7. The highest BCUT2D eigenvalue weighted by atomic mass is 16.1. The molecule has 1 unspecified atom stereocenters. The molecule has 11 heavy (non-hydrogen) atoms. The molecule has 0 aliphatic heterocycles. The molecule has 2 aliphatic carbocycles. The maximum Gasteiger partial charge on any atom is 0.182 e. The molecule has 2 rings (SSSR count). The number of carbonyl (C=O) groups excluding carboxylic acids is 2. The summed E-state index contributed by atoms with van der Waals surface area (Å²) < 4.78 is 0. The Labute approximate surface area is 64.6 Å². The molecule has 0 saturated carbocycles. The summed E-state index contributed by atoms with van der Waals surface area (Å²) in [6, 6.07) is 0. The Bertz CT molecular complexity index is 284. The zero-order valence-electron chi connectivity index (χ0n) is 6.04. The number of ketones is 2. The van der Waals surface area contributed by atoms with Crippen LogP contribution in [0.2, 0.25) is 0 Å². The molecule has 0 heterocycles. The smallest absolute Gasteiger partial charge is 0.182 e. The van der Waals surface area contributed by atoms with Gasteiger partial charge in [-0.2, -0.15) is 0 Å². The molecule has 0 fully saturated rings. The van der Waals surface area contributed by atoms with Gasteiger partial charge in [0.2, 0.25) is 0 Å². The third-order valence-corrected chi connectivity index (χ3v) is 2.22. The van der Waals surface area contributed by atoms with E-state index < -0.39 is 0 Å². The van der Waals surface area contributed by atoms with Gasteiger partial charge in [-0.15, -0.1) is 0 Å². The van der Waals surface area contributed by atoms with E-state index in [1.807, 2.05) is 6.08 Å². The van der Waals surface area contributed by atoms with Crippen molar-refractivity contribution in [2.45, 2.75) is 12.8 Å². The third kappa shape index (κ3) is 0.862. The number of hydrogen-bond donors (Lipinski definition) is 0. The summed E-state index contributed by atoms with van der Waals surface area (Å²) in [7, 11) is 0. The van der Waals surface area contributed by atoms with Crippen molar-refractivity contribution in [1.29, 1.82) is 0 Å². The predicted molar refractivity (Wildman–Crippen MR) is 40.0 cm³/mol. The Morgan fingerprint density at radius 1 is 1.27 bits per heavy atom. The first kappa shape index (κ1) is 6.53. The summed E-state index contributed by atoms with van der Waals surface area (Å²) >= 11 is 0. The van der Waals surface area contributed by atoms with Gasteiger partial charge in [0.15, 0.2) is 11.6 Å². The minimum atomic E-state index is -0.104. The molecule has 0 amide bonds. The maximum atomic E-state index is 11.1. The molecule has 56 valence electrons. The van der Waals surface area contributed by atoms with Crippen LogP contribution in [0.5, 0.6) is 0 Å². The van der Waals surface area contributed by atoms with E-state index in [-0.39, 0.29) is 17.5 Å². The van der Waals surface area contributed by atoms with Crippen LogP contribution in [0.25, 0.3) is 0 Å². The molecule has 0 bridgehead atoms. The van der Waals surface area contributed by atoms with Gasteiger partial charge < -0.3 is 0 Å². The Balaban J connectivity index is 2.44. The van der Waals surface area contributed by atoms with Crippen LogP contribution in [0.4, 0.5) is 0 Å². The minimum absolute atomic E-state index is 0.0205. The first-order valence-electron chi connectivity index (χ1n) is 3.75. The lowest BCUT2D eigenvalue weighted by Crippen LogP contribution is -2.20. The molecule has 2 nitrogen and oxygen atoms in total. The van der Waals surface area contributed by atoms with Crippen molar-refractivity contribution in [3.63, 3.8) is 0 Å². The highest BCUT2D eigenvalue weighted by Gasteiger charge is 2.31. The maximum absolute atomic E-state index is 11.1. The van der Waals surface area contributed by atoms with E-state index in [1.54, 1.807) is 0 Å². The zero-order valence-corrected chi connectivity index (χ0v) is 6.04. The van der Waals surface area contributed by atoms with Gasteiger partial charge in [-0.1, -0.05) is 6.08 Å². The Kier molecular flexibility index (Phi) is 1.28. The van der Waals surface area contributed by atoms with Crippen molar-refractivity contribution in [3.05, 3.63) is 23.8 Å². The van der Waals surface area contributed by atoms with Crippen molar-refractivity contribution in [2.75, 3.05) is 0 Å². The summed E-state index contributed by atoms with van der Waals surface area (Å²) in [6.45, 7) is 0. The predicted octanol–water partition coefficient (Wildman–Crippen LogP) is 1.03. The van der Waals surface area contributed by atoms with Crippen molar-refractivity contribution in [3.8, 4) is 0 Å². The van der Waals surface area contributed by atoms with Gasteiger partial charge in [0.1, 0.15) is 0 Å². The first-order valence-corrected chi connectivity index (χ1v) is 3.75. The molecule has 2 heteroatoms. The molecule has 0 N–H and O–H groups in total.